The van der Waals surface area contributed by atoms with Crippen LogP contribution < -0.4 is 5.43 Å². The van der Waals surface area contributed by atoms with E-state index >= 15 is 0 Å². The van der Waals surface area contributed by atoms with Crippen LogP contribution in [0.5, 0.6) is 0 Å². The van der Waals surface area contributed by atoms with Gasteiger partial charge in [-0.2, -0.15) is 5.10 Å². The second kappa shape index (κ2) is 10.4. The third-order valence-corrected chi connectivity index (χ3v) is 8.55. The normalized spacial score (nSPS) is 13.7. The van der Waals surface area contributed by atoms with Crippen LogP contribution in [-0.4, -0.2) is 21.4 Å². The molecule has 0 unspecified atom stereocenters. The molecule has 0 bridgehead atoms. The zero-order chi connectivity index (χ0) is 30.6. The highest BCUT2D eigenvalue weighted by molar-refractivity contribution is 6.55. The third kappa shape index (κ3) is 4.27. The molecule has 1 aliphatic carbocycles. The number of hydrazone groups is 1. The van der Waals surface area contributed by atoms with Gasteiger partial charge in [0.1, 0.15) is 16.9 Å². The summed E-state index contributed by atoms with van der Waals surface area (Å²) in [5.74, 6) is 0. The Kier molecular flexibility index (Phi) is 5.86. The molecule has 0 radical (unpaired) electrons. The van der Waals surface area contributed by atoms with Crippen LogP contribution in [0.1, 0.15) is 11.1 Å². The zero-order valence-electron chi connectivity index (χ0n) is 24.5. The first kappa shape index (κ1) is 26.0. The summed E-state index contributed by atoms with van der Waals surface area (Å²) in [6, 6.07) is 42.5. The maximum Gasteiger partial charge on any atom is 0.135 e. The first-order chi connectivity index (χ1) is 22.7. The maximum absolute atomic E-state index is 9.20. The molecule has 46 heavy (non-hydrogen) atoms. The van der Waals surface area contributed by atoms with E-state index in [0.29, 0.717) is 11.4 Å². The molecular weight excluding hydrogens is 566 g/mol. The molecule has 2 N–H and O–H groups in total. The van der Waals surface area contributed by atoms with E-state index in [1.165, 1.54) is 0 Å². The fourth-order valence-corrected chi connectivity index (χ4v) is 6.29. The maximum atomic E-state index is 9.20. The van der Waals surface area contributed by atoms with Crippen LogP contribution in [0.2, 0.25) is 0 Å². The number of hydrogen-bond donors (Lipinski definition) is 2. The number of allylic oxidation sites excluding steroid dienone is 1. The summed E-state index contributed by atoms with van der Waals surface area (Å²) in [5, 5.41) is 17.9. The molecule has 0 aliphatic heterocycles. The molecule has 8 aromatic rings. The van der Waals surface area contributed by atoms with Crippen LogP contribution >= 0.6 is 0 Å². The smallest absolute Gasteiger partial charge is 0.135 e. The molecule has 0 amide bonds. The summed E-state index contributed by atoms with van der Waals surface area (Å²) in [5.41, 5.74) is 13.5. The van der Waals surface area contributed by atoms with Crippen LogP contribution in [0.15, 0.2) is 143 Å². The van der Waals surface area contributed by atoms with Gasteiger partial charge in [0.25, 0.3) is 0 Å². The number of nitrogens with one attached hydrogen (secondary N) is 2. The number of anilines is 1. The molecule has 0 saturated heterocycles. The van der Waals surface area contributed by atoms with Crippen molar-refractivity contribution in [2.75, 3.05) is 5.43 Å². The van der Waals surface area contributed by atoms with Crippen molar-refractivity contribution in [3.05, 3.63) is 145 Å². The van der Waals surface area contributed by atoms with Crippen LogP contribution in [-0.2, 0) is 0 Å². The summed E-state index contributed by atoms with van der Waals surface area (Å²) in [7, 11) is 0. The predicted molar refractivity (Wildman–Crippen MR) is 189 cm³/mol. The Hall–Kier alpha value is -6.40. The minimum Gasteiger partial charge on any atom is -0.456 e. The van der Waals surface area contributed by atoms with Crippen molar-refractivity contribution in [3.63, 3.8) is 0 Å². The van der Waals surface area contributed by atoms with Gasteiger partial charge >= 0.3 is 0 Å². The van der Waals surface area contributed by atoms with E-state index < -0.39 is 0 Å². The van der Waals surface area contributed by atoms with Crippen LogP contribution in [0, 0.1) is 5.41 Å². The van der Waals surface area contributed by atoms with E-state index in [4.69, 9.17) is 14.4 Å². The number of fused-ring (bicyclic) bond motifs is 7. The number of nitrogens with zero attached hydrogens (tertiary/aromatic N) is 3. The molecule has 0 fully saturated rings. The molecule has 6 aromatic carbocycles. The number of para-hydroxylation sites is 4. The van der Waals surface area contributed by atoms with E-state index in [2.05, 4.69) is 59.1 Å². The highest BCUT2D eigenvalue weighted by Gasteiger charge is 2.21. The summed E-state index contributed by atoms with van der Waals surface area (Å²) in [4.78, 5) is 10.3. The quantitative estimate of drug-likeness (QED) is 0.199. The van der Waals surface area contributed by atoms with E-state index in [-0.39, 0.29) is 0 Å². The topological polar surface area (TPSA) is 87.2 Å². The van der Waals surface area contributed by atoms with Gasteiger partial charge in [-0.3, -0.25) is 10.8 Å². The Morgan fingerprint density at radius 1 is 0.587 bits per heavy atom. The number of aromatic nitrogens is 2. The molecule has 2 aromatic heterocycles. The van der Waals surface area contributed by atoms with Crippen molar-refractivity contribution >= 4 is 66.9 Å². The SMILES string of the molecule is N=C1/C(=N\Nc2ccccc2)C=Cc2ccc3ccc(-c4nc5ccccc5nc4-c4ccc5oc6ccccc6c5c4)cc3c21. The van der Waals surface area contributed by atoms with E-state index in [1.54, 1.807) is 0 Å². The molecule has 0 spiro atoms. The second-order valence-electron chi connectivity index (χ2n) is 11.4. The number of furan rings is 1. The predicted octanol–water partition coefficient (Wildman–Crippen LogP) is 9.88. The number of rotatable bonds is 4. The number of hydrogen-bond acceptors (Lipinski definition) is 6. The highest BCUT2D eigenvalue weighted by Crippen LogP contribution is 2.38. The third-order valence-electron chi connectivity index (χ3n) is 8.55. The van der Waals surface area contributed by atoms with Crippen molar-refractivity contribution in [2.45, 2.75) is 0 Å². The molecule has 9 rings (SSSR count). The second-order valence-corrected chi connectivity index (χ2v) is 11.4. The Morgan fingerprint density at radius 2 is 1.24 bits per heavy atom. The summed E-state index contributed by atoms with van der Waals surface area (Å²) >= 11 is 0. The molecule has 6 heteroatoms. The van der Waals surface area contributed by atoms with Gasteiger partial charge < -0.3 is 4.42 Å². The minimum absolute atomic E-state index is 0.366. The molecule has 216 valence electrons. The fraction of sp³-hybridized carbons (Fsp3) is 0. The van der Waals surface area contributed by atoms with Crippen molar-refractivity contribution in [1.82, 2.24) is 9.97 Å². The lowest BCUT2D eigenvalue weighted by Crippen LogP contribution is -2.18. The minimum atomic E-state index is 0.366. The van der Waals surface area contributed by atoms with Crippen LogP contribution in [0.25, 0.3) is 72.3 Å². The van der Waals surface area contributed by atoms with Gasteiger partial charge in [-0.05, 0) is 77.0 Å². The van der Waals surface area contributed by atoms with Crippen molar-refractivity contribution in [1.29, 1.82) is 5.41 Å². The lowest BCUT2D eigenvalue weighted by atomic mass is 9.88. The van der Waals surface area contributed by atoms with E-state index in [0.717, 1.165) is 83.1 Å². The first-order valence-corrected chi connectivity index (χ1v) is 15.1. The standard InChI is InChI=1S/C40H25N5O/c41-38-34(45-44-28-8-2-1-3-9-28)20-18-25-16-14-24-15-17-26(22-30(24)37(25)38)39-40(43-33-12-6-5-11-32(33)42-39)27-19-21-36-31(23-27)29-10-4-7-13-35(29)46-36/h1-23,41,44H/b41-38?,45-34-. The molecule has 0 atom stereocenters. The van der Waals surface area contributed by atoms with E-state index in [1.807, 2.05) is 91.0 Å². The van der Waals surface area contributed by atoms with Crippen molar-refractivity contribution in [3.8, 4) is 22.5 Å². The van der Waals surface area contributed by atoms with Crippen molar-refractivity contribution in [2.24, 2.45) is 5.10 Å². The van der Waals surface area contributed by atoms with Crippen LogP contribution in [0.3, 0.4) is 0 Å². The van der Waals surface area contributed by atoms with Crippen molar-refractivity contribution < 1.29 is 4.42 Å². The summed E-state index contributed by atoms with van der Waals surface area (Å²) in [6.45, 7) is 0. The van der Waals surface area contributed by atoms with E-state index in [9.17, 15) is 5.41 Å². The molecule has 1 aliphatic rings. The average Bonchev–Trinajstić information content (AvgIpc) is 3.49. The molecule has 0 saturated carbocycles. The van der Waals surface area contributed by atoms with Gasteiger partial charge in [-0.25, -0.2) is 9.97 Å². The average molecular weight is 592 g/mol. The Labute approximate surface area is 263 Å². The van der Waals surface area contributed by atoms with Gasteiger partial charge in [-0.15, -0.1) is 0 Å². The fourth-order valence-electron chi connectivity index (χ4n) is 6.29. The number of benzene rings is 6. The lowest BCUT2D eigenvalue weighted by Gasteiger charge is -2.18. The molecule has 6 nitrogen and oxygen atoms in total. The van der Waals surface area contributed by atoms with Gasteiger partial charge in [-0.1, -0.05) is 78.9 Å². The van der Waals surface area contributed by atoms with Crippen LogP contribution in [0.4, 0.5) is 5.69 Å². The highest BCUT2D eigenvalue weighted by atomic mass is 16.3. The van der Waals surface area contributed by atoms with Gasteiger partial charge in [0.05, 0.1) is 33.8 Å². The lowest BCUT2D eigenvalue weighted by molar-refractivity contribution is 0.669. The van der Waals surface area contributed by atoms with Gasteiger partial charge in [0, 0.05) is 27.5 Å². The van der Waals surface area contributed by atoms with Gasteiger partial charge in [0.15, 0.2) is 0 Å². The zero-order valence-corrected chi connectivity index (χ0v) is 24.5. The first-order valence-electron chi connectivity index (χ1n) is 15.1. The largest absolute Gasteiger partial charge is 0.456 e. The van der Waals surface area contributed by atoms with Gasteiger partial charge in [0.2, 0.25) is 0 Å². The Balaban J connectivity index is 1.22. The Bertz CT molecular complexity index is 2580. The summed E-state index contributed by atoms with van der Waals surface area (Å²) < 4.78 is 6.11. The Morgan fingerprint density at radius 3 is 2.04 bits per heavy atom. The summed E-state index contributed by atoms with van der Waals surface area (Å²) in [6.07, 6.45) is 3.91. The molecular formula is C40H25N5O. The molecule has 2 heterocycles. The monoisotopic (exact) mass is 591 g/mol.